The van der Waals surface area contributed by atoms with Crippen molar-refractivity contribution in [2.45, 2.75) is 33.1 Å². The Balaban J connectivity index is 2.37. The van der Waals surface area contributed by atoms with Gasteiger partial charge in [0.25, 0.3) is 0 Å². The first-order chi connectivity index (χ1) is 13.0. The van der Waals surface area contributed by atoms with Gasteiger partial charge in [-0.05, 0) is 31.2 Å². The molecular weight excluding hydrogens is 426 g/mol. The van der Waals surface area contributed by atoms with Crippen LogP contribution in [0, 0.1) is 5.82 Å². The number of hydrogen-bond donors (Lipinski definition) is 0. The first-order valence-corrected chi connectivity index (χ1v) is 9.72. The zero-order valence-electron chi connectivity index (χ0n) is 15.7. The fraction of sp³-hybridized carbons (Fsp3) is 0.300. The monoisotopic (exact) mass is 442 g/mol. The number of nitrogens with zero attached hydrogens (tertiary/aromatic N) is 2. The van der Waals surface area contributed by atoms with Gasteiger partial charge in [0.05, 0.1) is 44.1 Å². The van der Waals surface area contributed by atoms with Gasteiger partial charge in [0, 0.05) is 11.0 Å². The summed E-state index contributed by atoms with van der Waals surface area (Å²) in [6.45, 7) is 7.78. The lowest BCUT2D eigenvalue weighted by Gasteiger charge is -2.21. The van der Waals surface area contributed by atoms with Gasteiger partial charge in [0.15, 0.2) is 0 Å². The van der Waals surface area contributed by atoms with E-state index in [4.69, 9.17) is 39.5 Å². The second kappa shape index (κ2) is 7.54. The number of halogens is 4. The molecule has 0 bridgehead atoms. The molecule has 148 valence electrons. The average Bonchev–Trinajstić information content (AvgIpc) is 2.91. The molecule has 0 aliphatic carbocycles. The summed E-state index contributed by atoms with van der Waals surface area (Å²) in [6.07, 6.45) is 0. The van der Waals surface area contributed by atoms with Crippen LogP contribution in [0.2, 0.25) is 15.1 Å². The third kappa shape index (κ3) is 3.71. The molecule has 1 aromatic carbocycles. The van der Waals surface area contributed by atoms with Crippen molar-refractivity contribution in [2.75, 3.05) is 6.61 Å². The molecule has 0 saturated heterocycles. The molecule has 0 unspecified atom stereocenters. The topological polar surface area (TPSA) is 43.6 Å². The van der Waals surface area contributed by atoms with Crippen LogP contribution in [-0.2, 0) is 10.2 Å². The van der Waals surface area contributed by atoms with Crippen LogP contribution in [0.3, 0.4) is 0 Å². The van der Waals surface area contributed by atoms with Crippen LogP contribution in [0.1, 0.15) is 43.7 Å². The van der Waals surface area contributed by atoms with E-state index >= 15 is 0 Å². The van der Waals surface area contributed by atoms with Crippen molar-refractivity contribution >= 4 is 46.3 Å². The number of rotatable bonds is 3. The zero-order chi connectivity index (χ0) is 20.8. The highest BCUT2D eigenvalue weighted by Crippen LogP contribution is 2.40. The van der Waals surface area contributed by atoms with Crippen LogP contribution in [-0.4, -0.2) is 22.2 Å². The van der Waals surface area contributed by atoms with Crippen molar-refractivity contribution in [1.82, 2.24) is 9.61 Å². The fourth-order valence-corrected chi connectivity index (χ4v) is 3.66. The summed E-state index contributed by atoms with van der Waals surface area (Å²) in [6, 6.07) is 5.67. The maximum absolute atomic E-state index is 14.0. The molecule has 2 heterocycles. The molecular formula is C20H18Cl3FN2O2. The zero-order valence-corrected chi connectivity index (χ0v) is 18.0. The van der Waals surface area contributed by atoms with Gasteiger partial charge in [-0.3, -0.25) is 0 Å². The van der Waals surface area contributed by atoms with E-state index in [0.717, 1.165) is 6.07 Å². The van der Waals surface area contributed by atoms with E-state index in [1.807, 2.05) is 20.8 Å². The van der Waals surface area contributed by atoms with Gasteiger partial charge >= 0.3 is 5.97 Å². The van der Waals surface area contributed by atoms with Crippen molar-refractivity contribution in [3.63, 3.8) is 0 Å². The summed E-state index contributed by atoms with van der Waals surface area (Å²) < 4.78 is 20.7. The molecule has 2 aromatic heterocycles. The highest BCUT2D eigenvalue weighted by molar-refractivity contribution is 6.44. The van der Waals surface area contributed by atoms with Crippen LogP contribution >= 0.6 is 34.8 Å². The molecule has 0 fully saturated rings. The van der Waals surface area contributed by atoms with E-state index in [2.05, 4.69) is 5.10 Å². The van der Waals surface area contributed by atoms with Gasteiger partial charge in [0.2, 0.25) is 0 Å². The second-order valence-corrected chi connectivity index (χ2v) is 8.50. The maximum Gasteiger partial charge on any atom is 0.340 e. The van der Waals surface area contributed by atoms with E-state index in [0.29, 0.717) is 33.1 Å². The number of carbonyl (C=O) groups is 1. The molecule has 0 aliphatic heterocycles. The Morgan fingerprint density at radius 1 is 1.14 bits per heavy atom. The Hall–Kier alpha value is -1.82. The van der Waals surface area contributed by atoms with E-state index in [1.54, 1.807) is 23.6 Å². The molecule has 4 nitrogen and oxygen atoms in total. The van der Waals surface area contributed by atoms with Crippen molar-refractivity contribution in [2.24, 2.45) is 0 Å². The number of carbonyl (C=O) groups excluding carboxylic acids is 1. The van der Waals surface area contributed by atoms with Crippen LogP contribution in [0.25, 0.3) is 16.8 Å². The molecule has 0 saturated carbocycles. The molecule has 28 heavy (non-hydrogen) atoms. The highest BCUT2D eigenvalue weighted by atomic mass is 35.5. The van der Waals surface area contributed by atoms with Crippen molar-refractivity contribution in [3.05, 3.63) is 56.4 Å². The summed E-state index contributed by atoms with van der Waals surface area (Å²) in [5, 5.41) is 5.19. The summed E-state index contributed by atoms with van der Waals surface area (Å²) in [5.41, 5.74) is 1.66. The van der Waals surface area contributed by atoms with Gasteiger partial charge in [-0.15, -0.1) is 0 Å². The lowest BCUT2D eigenvalue weighted by molar-refractivity contribution is 0.0522. The van der Waals surface area contributed by atoms with Crippen LogP contribution in [0.4, 0.5) is 4.39 Å². The first-order valence-electron chi connectivity index (χ1n) is 8.59. The van der Waals surface area contributed by atoms with Gasteiger partial charge in [-0.25, -0.2) is 13.7 Å². The van der Waals surface area contributed by atoms with Crippen LogP contribution < -0.4 is 0 Å². The smallest absolute Gasteiger partial charge is 0.340 e. The number of esters is 1. The predicted molar refractivity (Wildman–Crippen MR) is 110 cm³/mol. The molecule has 8 heteroatoms. The lowest BCUT2D eigenvalue weighted by atomic mass is 9.88. The van der Waals surface area contributed by atoms with E-state index < -0.39 is 17.2 Å². The number of benzene rings is 1. The van der Waals surface area contributed by atoms with Gasteiger partial charge in [0.1, 0.15) is 5.82 Å². The second-order valence-electron chi connectivity index (χ2n) is 7.30. The molecule has 0 spiro atoms. The number of ether oxygens (including phenoxy) is 1. The van der Waals surface area contributed by atoms with Gasteiger partial charge < -0.3 is 4.74 Å². The quantitative estimate of drug-likeness (QED) is 0.339. The summed E-state index contributed by atoms with van der Waals surface area (Å²) in [4.78, 5) is 12.5. The van der Waals surface area contributed by atoms with Gasteiger partial charge in [-0.1, -0.05) is 55.6 Å². The molecule has 0 N–H and O–H groups in total. The molecule has 0 radical (unpaired) electrons. The van der Waals surface area contributed by atoms with Crippen LogP contribution in [0.15, 0.2) is 24.3 Å². The third-order valence-electron chi connectivity index (χ3n) is 4.16. The van der Waals surface area contributed by atoms with E-state index in [-0.39, 0.29) is 16.7 Å². The largest absolute Gasteiger partial charge is 0.462 e. The SMILES string of the molecule is CCOC(=O)c1cc2cc(Cl)c(-c3cc(F)cc(Cl)c3Cl)n2nc1C(C)(C)C. The minimum atomic E-state index is -0.547. The molecule has 3 aromatic rings. The summed E-state index contributed by atoms with van der Waals surface area (Å²) >= 11 is 18.8. The summed E-state index contributed by atoms with van der Waals surface area (Å²) in [7, 11) is 0. The first kappa shape index (κ1) is 20.9. The van der Waals surface area contributed by atoms with Crippen molar-refractivity contribution in [3.8, 4) is 11.3 Å². The Labute approximate surface area is 177 Å². The van der Waals surface area contributed by atoms with Gasteiger partial charge in [-0.2, -0.15) is 5.10 Å². The predicted octanol–water partition coefficient (Wildman–Crippen LogP) is 6.57. The lowest BCUT2D eigenvalue weighted by Crippen LogP contribution is -2.22. The Morgan fingerprint density at radius 2 is 1.82 bits per heavy atom. The highest BCUT2D eigenvalue weighted by Gasteiger charge is 2.27. The van der Waals surface area contributed by atoms with E-state index in [1.165, 1.54) is 6.07 Å². The van der Waals surface area contributed by atoms with Crippen molar-refractivity contribution in [1.29, 1.82) is 0 Å². The molecule has 0 amide bonds. The molecule has 0 aliphatic rings. The fourth-order valence-electron chi connectivity index (χ4n) is 2.96. The number of hydrogen-bond acceptors (Lipinski definition) is 3. The normalized spacial score (nSPS) is 11.9. The van der Waals surface area contributed by atoms with Crippen LogP contribution in [0.5, 0.6) is 0 Å². The minimum absolute atomic E-state index is 0.0712. The molecule has 0 atom stereocenters. The average molecular weight is 444 g/mol. The number of fused-ring (bicyclic) bond motifs is 1. The summed E-state index contributed by atoms with van der Waals surface area (Å²) in [5.74, 6) is -1.01. The Kier molecular flexibility index (Phi) is 5.63. The van der Waals surface area contributed by atoms with Crippen molar-refractivity contribution < 1.29 is 13.9 Å². The Bertz CT molecular complexity index is 1090. The third-order valence-corrected chi connectivity index (χ3v) is 5.25. The maximum atomic E-state index is 14.0. The Morgan fingerprint density at radius 3 is 2.43 bits per heavy atom. The standard InChI is InChI=1S/C20H18Cl3FN2O2/c1-5-28-19(27)13-8-11-9-15(22)17(26(11)25-18(13)20(2,3)4)12-6-10(24)7-14(21)16(12)23/h6-9H,5H2,1-4H3. The molecule has 3 rings (SSSR count). The number of aromatic nitrogens is 2. The minimum Gasteiger partial charge on any atom is -0.462 e. The van der Waals surface area contributed by atoms with E-state index in [9.17, 15) is 9.18 Å².